The maximum absolute atomic E-state index is 12.6. The molecule has 0 aliphatic carbocycles. The number of nitrogens with two attached hydrogens (primary N) is 1. The van der Waals surface area contributed by atoms with Crippen LogP contribution < -0.4 is 16.5 Å². The second-order valence-electron chi connectivity index (χ2n) is 4.67. The molecular formula is C13H12F3N7O2. The van der Waals surface area contributed by atoms with E-state index in [1.165, 1.54) is 23.4 Å². The molecule has 1 aromatic carbocycles. The Morgan fingerprint density at radius 3 is 2.68 bits per heavy atom. The number of hydrogen-bond donors (Lipinski definition) is 3. The molecule has 1 heterocycles. The van der Waals surface area contributed by atoms with Crippen molar-refractivity contribution in [2.45, 2.75) is 12.7 Å². The predicted octanol–water partition coefficient (Wildman–Crippen LogP) is 0.324. The van der Waals surface area contributed by atoms with Crippen LogP contribution in [0.25, 0.3) is 0 Å². The molecule has 0 unspecified atom stereocenters. The Morgan fingerprint density at radius 1 is 1.28 bits per heavy atom. The summed E-state index contributed by atoms with van der Waals surface area (Å²) in [7, 11) is 0. The summed E-state index contributed by atoms with van der Waals surface area (Å²) in [5.74, 6) is -2.46. The maximum atomic E-state index is 12.6. The summed E-state index contributed by atoms with van der Waals surface area (Å²) in [6.07, 6.45) is -1.93. The molecule has 0 bridgehead atoms. The Bertz CT molecular complexity index is 787. The topological polar surface area (TPSA) is 127 Å². The maximum Gasteiger partial charge on any atom is 0.416 e. The number of hydrazone groups is 1. The van der Waals surface area contributed by atoms with E-state index in [1.54, 1.807) is 0 Å². The molecule has 0 spiro atoms. The number of rotatable bonds is 4. The van der Waals surface area contributed by atoms with E-state index >= 15 is 0 Å². The average Bonchev–Trinajstić information content (AvgIpc) is 3.05. The van der Waals surface area contributed by atoms with Gasteiger partial charge in [-0.15, -0.1) is 0 Å². The van der Waals surface area contributed by atoms with Crippen LogP contribution in [0.15, 0.2) is 42.0 Å². The normalized spacial score (nSPS) is 11.9. The molecule has 2 rings (SSSR count). The first kappa shape index (κ1) is 17.9. The number of carbonyl (C=O) groups is 2. The Kier molecular flexibility index (Phi) is 5.31. The third-order valence-corrected chi connectivity index (χ3v) is 2.75. The van der Waals surface area contributed by atoms with Crippen LogP contribution in [0.2, 0.25) is 0 Å². The Labute approximate surface area is 138 Å². The van der Waals surface area contributed by atoms with Gasteiger partial charge in [-0.1, -0.05) is 6.07 Å². The number of benzene rings is 1. The van der Waals surface area contributed by atoms with Gasteiger partial charge in [0.05, 0.1) is 5.56 Å². The van der Waals surface area contributed by atoms with E-state index in [0.29, 0.717) is 6.07 Å². The van der Waals surface area contributed by atoms with Crippen molar-refractivity contribution in [2.75, 3.05) is 5.32 Å². The number of halogens is 3. The molecule has 1 aromatic heterocycles. The Balaban J connectivity index is 1.93. The average molecular weight is 355 g/mol. The molecule has 4 N–H and O–H groups in total. The number of amides is 2. The van der Waals surface area contributed by atoms with Crippen molar-refractivity contribution in [1.29, 1.82) is 0 Å². The smallest absolute Gasteiger partial charge is 0.384 e. The van der Waals surface area contributed by atoms with Crippen molar-refractivity contribution in [2.24, 2.45) is 10.8 Å². The fourth-order valence-electron chi connectivity index (χ4n) is 1.65. The number of hydrogen-bond acceptors (Lipinski definition) is 5. The zero-order chi connectivity index (χ0) is 18.4. The SMILES string of the molecule is NC(Cn1cncn1)=NNC(=O)C(=O)Nc1cccc(C(F)(F)F)c1. The highest BCUT2D eigenvalue weighted by molar-refractivity contribution is 6.39. The van der Waals surface area contributed by atoms with Crippen LogP contribution in [0.5, 0.6) is 0 Å². The van der Waals surface area contributed by atoms with E-state index in [1.807, 2.05) is 10.7 Å². The zero-order valence-corrected chi connectivity index (χ0v) is 12.5. The summed E-state index contributed by atoms with van der Waals surface area (Å²) in [4.78, 5) is 26.9. The first-order valence-corrected chi connectivity index (χ1v) is 6.69. The number of carbonyl (C=O) groups excluding carboxylic acids is 2. The van der Waals surface area contributed by atoms with Crippen LogP contribution >= 0.6 is 0 Å². The fraction of sp³-hybridized carbons (Fsp3) is 0.154. The van der Waals surface area contributed by atoms with E-state index in [9.17, 15) is 22.8 Å². The molecule has 0 aliphatic heterocycles. The monoisotopic (exact) mass is 355 g/mol. The lowest BCUT2D eigenvalue weighted by Crippen LogP contribution is -2.34. The fourth-order valence-corrected chi connectivity index (χ4v) is 1.65. The summed E-state index contributed by atoms with van der Waals surface area (Å²) in [5.41, 5.74) is 6.27. The highest BCUT2D eigenvalue weighted by atomic mass is 19.4. The van der Waals surface area contributed by atoms with Gasteiger partial charge < -0.3 is 11.1 Å². The van der Waals surface area contributed by atoms with Gasteiger partial charge in [-0.2, -0.15) is 23.4 Å². The minimum absolute atomic E-state index is 0.0233. The number of alkyl halides is 3. The standard InChI is InChI=1S/C13H12F3N7O2/c14-13(15,16)8-2-1-3-9(4-8)20-11(24)12(25)22-21-10(17)5-23-7-18-6-19-23/h1-4,6-7H,5H2,(H2,17,21)(H,20,24)(H,22,25). The third kappa shape index (κ3) is 5.30. The molecule has 132 valence electrons. The second kappa shape index (κ2) is 7.42. The molecule has 2 aromatic rings. The van der Waals surface area contributed by atoms with Gasteiger partial charge >= 0.3 is 18.0 Å². The quantitative estimate of drug-likeness (QED) is 0.315. The molecule has 0 aliphatic rings. The van der Waals surface area contributed by atoms with Crippen LogP contribution in [0.4, 0.5) is 18.9 Å². The first-order valence-electron chi connectivity index (χ1n) is 6.69. The highest BCUT2D eigenvalue weighted by Gasteiger charge is 2.30. The predicted molar refractivity (Wildman–Crippen MR) is 79.9 cm³/mol. The van der Waals surface area contributed by atoms with Gasteiger partial charge in [0.2, 0.25) is 0 Å². The molecule has 0 radical (unpaired) electrons. The van der Waals surface area contributed by atoms with Gasteiger partial charge in [0.1, 0.15) is 25.0 Å². The van der Waals surface area contributed by atoms with E-state index in [-0.39, 0.29) is 18.1 Å². The van der Waals surface area contributed by atoms with Gasteiger partial charge in [-0.3, -0.25) is 9.59 Å². The van der Waals surface area contributed by atoms with Crippen molar-refractivity contribution >= 4 is 23.3 Å². The summed E-state index contributed by atoms with van der Waals surface area (Å²) in [6, 6.07) is 3.85. The lowest BCUT2D eigenvalue weighted by Gasteiger charge is -2.09. The van der Waals surface area contributed by atoms with Crippen molar-refractivity contribution in [3.63, 3.8) is 0 Å². The molecule has 25 heavy (non-hydrogen) atoms. The van der Waals surface area contributed by atoms with E-state index < -0.39 is 23.6 Å². The molecule has 0 saturated heterocycles. The number of nitrogens with zero attached hydrogens (tertiary/aromatic N) is 4. The summed E-state index contributed by atoms with van der Waals surface area (Å²) in [6.45, 7) is 0.0233. The largest absolute Gasteiger partial charge is 0.416 e. The van der Waals surface area contributed by atoms with Gasteiger partial charge in [-0.05, 0) is 18.2 Å². The van der Waals surface area contributed by atoms with Crippen LogP contribution in [0.3, 0.4) is 0 Å². The van der Waals surface area contributed by atoms with E-state index in [2.05, 4.69) is 15.2 Å². The summed E-state index contributed by atoms with van der Waals surface area (Å²) in [5, 5.41) is 9.28. The Morgan fingerprint density at radius 2 is 2.04 bits per heavy atom. The molecule has 12 heteroatoms. The van der Waals surface area contributed by atoms with Crippen LogP contribution in [-0.4, -0.2) is 32.4 Å². The van der Waals surface area contributed by atoms with Gasteiger partial charge in [0.15, 0.2) is 0 Å². The van der Waals surface area contributed by atoms with Gasteiger partial charge in [-0.25, -0.2) is 15.1 Å². The number of anilines is 1. The first-order chi connectivity index (χ1) is 11.8. The molecule has 0 fully saturated rings. The minimum Gasteiger partial charge on any atom is -0.384 e. The number of nitrogens with one attached hydrogen (secondary N) is 2. The summed E-state index contributed by atoms with van der Waals surface area (Å²) < 4.78 is 39.1. The van der Waals surface area contributed by atoms with Crippen molar-refractivity contribution in [3.8, 4) is 0 Å². The molecule has 0 atom stereocenters. The molecule has 2 amide bonds. The van der Waals surface area contributed by atoms with Crippen LogP contribution in [-0.2, 0) is 22.3 Å². The zero-order valence-electron chi connectivity index (χ0n) is 12.5. The number of aromatic nitrogens is 3. The van der Waals surface area contributed by atoms with Gasteiger partial charge in [0, 0.05) is 5.69 Å². The molecule has 9 nitrogen and oxygen atoms in total. The highest BCUT2D eigenvalue weighted by Crippen LogP contribution is 2.30. The van der Waals surface area contributed by atoms with E-state index in [0.717, 1.165) is 12.1 Å². The summed E-state index contributed by atoms with van der Waals surface area (Å²) >= 11 is 0. The molecule has 0 saturated carbocycles. The Hall–Kier alpha value is -3.44. The van der Waals surface area contributed by atoms with Gasteiger partial charge in [0.25, 0.3) is 0 Å². The lowest BCUT2D eigenvalue weighted by molar-refractivity contribution is -0.137. The van der Waals surface area contributed by atoms with Crippen molar-refractivity contribution in [1.82, 2.24) is 20.2 Å². The number of amidine groups is 1. The third-order valence-electron chi connectivity index (χ3n) is 2.75. The van der Waals surface area contributed by atoms with Crippen LogP contribution in [0, 0.1) is 0 Å². The van der Waals surface area contributed by atoms with E-state index in [4.69, 9.17) is 5.73 Å². The minimum atomic E-state index is -4.57. The van der Waals surface area contributed by atoms with Crippen molar-refractivity contribution < 1.29 is 22.8 Å². The van der Waals surface area contributed by atoms with Crippen LogP contribution in [0.1, 0.15) is 5.56 Å². The second-order valence-corrected chi connectivity index (χ2v) is 4.67. The van der Waals surface area contributed by atoms with Crippen molar-refractivity contribution in [3.05, 3.63) is 42.5 Å². The lowest BCUT2D eigenvalue weighted by atomic mass is 10.2. The molecular weight excluding hydrogens is 343 g/mol.